The van der Waals surface area contributed by atoms with Gasteiger partial charge >= 0.3 is 0 Å². The maximum absolute atomic E-state index is 5.93. The SMILES string of the molecule is CSc1nc(N)cc(OC2CCC(C)(C)CC2)n1. The third-order valence-corrected chi connectivity index (χ3v) is 4.01. The van der Waals surface area contributed by atoms with Crippen molar-refractivity contribution in [3.05, 3.63) is 6.07 Å². The van der Waals surface area contributed by atoms with E-state index in [2.05, 4.69) is 23.8 Å². The minimum absolute atomic E-state index is 0.266. The number of nitrogen functional groups attached to an aromatic ring is 1. The molecule has 5 heteroatoms. The van der Waals surface area contributed by atoms with Gasteiger partial charge in [0.15, 0.2) is 5.16 Å². The molecule has 4 nitrogen and oxygen atoms in total. The number of ether oxygens (including phenoxy) is 1. The molecule has 1 aromatic heterocycles. The van der Waals surface area contributed by atoms with Crippen LogP contribution in [0.15, 0.2) is 11.2 Å². The molecule has 2 N–H and O–H groups in total. The van der Waals surface area contributed by atoms with Gasteiger partial charge in [-0.25, -0.2) is 4.98 Å². The first-order valence-electron chi connectivity index (χ1n) is 6.34. The van der Waals surface area contributed by atoms with Gasteiger partial charge < -0.3 is 10.5 Å². The number of hydrogen-bond acceptors (Lipinski definition) is 5. The van der Waals surface area contributed by atoms with Crippen molar-refractivity contribution in [1.29, 1.82) is 0 Å². The number of rotatable bonds is 3. The zero-order chi connectivity index (χ0) is 13.2. The first kappa shape index (κ1) is 13.5. The van der Waals surface area contributed by atoms with Crippen LogP contribution in [0, 0.1) is 5.41 Å². The quantitative estimate of drug-likeness (QED) is 0.673. The van der Waals surface area contributed by atoms with E-state index in [1.807, 2.05) is 6.26 Å². The molecule has 0 aromatic carbocycles. The monoisotopic (exact) mass is 267 g/mol. The summed E-state index contributed by atoms with van der Waals surface area (Å²) in [4.78, 5) is 8.45. The second kappa shape index (κ2) is 5.34. The smallest absolute Gasteiger partial charge is 0.219 e. The molecule has 0 unspecified atom stereocenters. The summed E-state index contributed by atoms with van der Waals surface area (Å²) in [6, 6.07) is 1.71. The first-order chi connectivity index (χ1) is 8.48. The highest BCUT2D eigenvalue weighted by atomic mass is 32.2. The van der Waals surface area contributed by atoms with Crippen molar-refractivity contribution < 1.29 is 4.74 Å². The molecular weight excluding hydrogens is 246 g/mol. The topological polar surface area (TPSA) is 61.0 Å². The third kappa shape index (κ3) is 3.51. The number of anilines is 1. The highest BCUT2D eigenvalue weighted by Gasteiger charge is 2.28. The summed E-state index contributed by atoms with van der Waals surface area (Å²) < 4.78 is 5.93. The Labute approximate surface area is 113 Å². The van der Waals surface area contributed by atoms with Crippen LogP contribution in [0.4, 0.5) is 5.82 Å². The van der Waals surface area contributed by atoms with Crippen molar-refractivity contribution in [2.45, 2.75) is 50.8 Å². The van der Waals surface area contributed by atoms with Gasteiger partial charge in [-0.05, 0) is 37.4 Å². The molecule has 0 bridgehead atoms. The van der Waals surface area contributed by atoms with Crippen molar-refractivity contribution >= 4 is 17.6 Å². The number of nitrogens with two attached hydrogens (primary N) is 1. The second-order valence-corrected chi connectivity index (χ2v) is 6.37. The fourth-order valence-corrected chi connectivity index (χ4v) is 2.61. The van der Waals surface area contributed by atoms with Crippen LogP contribution in [0.2, 0.25) is 0 Å². The van der Waals surface area contributed by atoms with Crippen LogP contribution in [0.25, 0.3) is 0 Å². The van der Waals surface area contributed by atoms with Gasteiger partial charge in [-0.3, -0.25) is 0 Å². The van der Waals surface area contributed by atoms with Gasteiger partial charge in [-0.15, -0.1) is 0 Å². The summed E-state index contributed by atoms with van der Waals surface area (Å²) in [5.41, 5.74) is 6.19. The zero-order valence-electron chi connectivity index (χ0n) is 11.3. The summed E-state index contributed by atoms with van der Waals surface area (Å²) in [5.74, 6) is 1.08. The summed E-state index contributed by atoms with van der Waals surface area (Å²) in [6.07, 6.45) is 6.78. The van der Waals surface area contributed by atoms with Gasteiger partial charge in [-0.2, -0.15) is 4.98 Å². The van der Waals surface area contributed by atoms with Crippen molar-refractivity contribution in [1.82, 2.24) is 9.97 Å². The van der Waals surface area contributed by atoms with Gasteiger partial charge in [0, 0.05) is 6.07 Å². The highest BCUT2D eigenvalue weighted by Crippen LogP contribution is 2.36. The van der Waals surface area contributed by atoms with Crippen LogP contribution in [0.1, 0.15) is 39.5 Å². The first-order valence-corrected chi connectivity index (χ1v) is 7.56. The summed E-state index contributed by atoms with van der Waals surface area (Å²) in [6.45, 7) is 4.63. The lowest BCUT2D eigenvalue weighted by molar-refractivity contribution is 0.0942. The Kier molecular flexibility index (Phi) is 4.00. The number of aromatic nitrogens is 2. The Bertz CT molecular complexity index is 413. The van der Waals surface area contributed by atoms with Crippen molar-refractivity contribution in [3.8, 4) is 5.88 Å². The van der Waals surface area contributed by atoms with E-state index in [9.17, 15) is 0 Å². The Morgan fingerprint density at radius 2 is 2.00 bits per heavy atom. The zero-order valence-corrected chi connectivity index (χ0v) is 12.1. The van der Waals surface area contributed by atoms with E-state index in [0.717, 1.165) is 12.8 Å². The number of nitrogens with zero attached hydrogens (tertiary/aromatic N) is 2. The average molecular weight is 267 g/mol. The molecule has 1 heterocycles. The van der Waals surface area contributed by atoms with Crippen LogP contribution < -0.4 is 10.5 Å². The van der Waals surface area contributed by atoms with E-state index in [4.69, 9.17) is 10.5 Å². The Hall–Kier alpha value is -0.970. The fourth-order valence-electron chi connectivity index (χ4n) is 2.23. The molecule has 0 atom stereocenters. The predicted octanol–water partition coefficient (Wildman–Crippen LogP) is 3.13. The van der Waals surface area contributed by atoms with Crippen molar-refractivity contribution in [3.63, 3.8) is 0 Å². The van der Waals surface area contributed by atoms with Crippen LogP contribution >= 0.6 is 11.8 Å². The molecule has 0 radical (unpaired) electrons. The molecular formula is C13H21N3OS. The van der Waals surface area contributed by atoms with E-state index in [1.165, 1.54) is 24.6 Å². The number of thioether (sulfide) groups is 1. The predicted molar refractivity (Wildman–Crippen MR) is 74.9 cm³/mol. The van der Waals surface area contributed by atoms with Gasteiger partial charge in [0.2, 0.25) is 5.88 Å². The lowest BCUT2D eigenvalue weighted by atomic mass is 9.76. The number of hydrogen-bond donors (Lipinski definition) is 1. The van der Waals surface area contributed by atoms with E-state index >= 15 is 0 Å². The van der Waals surface area contributed by atoms with Crippen LogP contribution in [0.5, 0.6) is 5.88 Å². The van der Waals surface area contributed by atoms with E-state index in [1.54, 1.807) is 6.07 Å². The maximum atomic E-state index is 5.93. The molecule has 1 aliphatic rings. The minimum atomic E-state index is 0.266. The summed E-state index contributed by atoms with van der Waals surface area (Å²) in [5, 5.41) is 0.668. The van der Waals surface area contributed by atoms with Crippen LogP contribution in [-0.4, -0.2) is 22.3 Å². The van der Waals surface area contributed by atoms with Crippen LogP contribution in [0.3, 0.4) is 0 Å². The van der Waals surface area contributed by atoms with Crippen molar-refractivity contribution in [2.24, 2.45) is 5.41 Å². The maximum Gasteiger partial charge on any atom is 0.219 e. The molecule has 0 spiro atoms. The third-order valence-electron chi connectivity index (χ3n) is 3.46. The summed E-state index contributed by atoms with van der Waals surface area (Å²) in [7, 11) is 0. The van der Waals surface area contributed by atoms with E-state index in [0.29, 0.717) is 22.3 Å². The minimum Gasteiger partial charge on any atom is -0.474 e. The molecule has 1 saturated carbocycles. The Morgan fingerprint density at radius 1 is 1.33 bits per heavy atom. The van der Waals surface area contributed by atoms with Gasteiger partial charge in [0.05, 0.1) is 0 Å². The molecule has 1 aliphatic carbocycles. The molecule has 1 aromatic rings. The Balaban J connectivity index is 2.00. The molecule has 18 heavy (non-hydrogen) atoms. The largest absolute Gasteiger partial charge is 0.474 e. The van der Waals surface area contributed by atoms with Gasteiger partial charge in [-0.1, -0.05) is 25.6 Å². The van der Waals surface area contributed by atoms with Gasteiger partial charge in [0.25, 0.3) is 0 Å². The normalized spacial score (nSPS) is 19.7. The highest BCUT2D eigenvalue weighted by molar-refractivity contribution is 7.98. The molecule has 0 aliphatic heterocycles. The van der Waals surface area contributed by atoms with Gasteiger partial charge in [0.1, 0.15) is 11.9 Å². The summed E-state index contributed by atoms with van der Waals surface area (Å²) >= 11 is 1.48. The lowest BCUT2D eigenvalue weighted by Crippen LogP contribution is -2.28. The molecule has 2 rings (SSSR count). The van der Waals surface area contributed by atoms with E-state index < -0.39 is 0 Å². The average Bonchev–Trinajstić information content (AvgIpc) is 2.31. The molecule has 1 fully saturated rings. The van der Waals surface area contributed by atoms with E-state index in [-0.39, 0.29) is 6.10 Å². The molecule has 100 valence electrons. The molecule has 0 amide bonds. The fraction of sp³-hybridized carbons (Fsp3) is 0.692. The standard InChI is InChI=1S/C13H21N3OS/c1-13(2)6-4-9(5-7-13)17-11-8-10(14)15-12(16-11)18-3/h8-9H,4-7H2,1-3H3,(H2,14,15,16). The Morgan fingerprint density at radius 3 is 2.61 bits per heavy atom. The second-order valence-electron chi connectivity index (χ2n) is 5.60. The van der Waals surface area contributed by atoms with Crippen LogP contribution in [-0.2, 0) is 0 Å². The molecule has 0 saturated heterocycles. The van der Waals surface area contributed by atoms with Crippen molar-refractivity contribution in [2.75, 3.05) is 12.0 Å². The lowest BCUT2D eigenvalue weighted by Gasteiger charge is -2.34.